The Bertz CT molecular complexity index is 521. The molecule has 1 aromatic rings. The van der Waals surface area contributed by atoms with Gasteiger partial charge >= 0.3 is 0 Å². The van der Waals surface area contributed by atoms with Crippen molar-refractivity contribution in [1.29, 1.82) is 0 Å². The van der Waals surface area contributed by atoms with Crippen molar-refractivity contribution in [3.05, 3.63) is 35.4 Å². The van der Waals surface area contributed by atoms with Gasteiger partial charge in [-0.1, -0.05) is 31.5 Å². The maximum atomic E-state index is 12.3. The van der Waals surface area contributed by atoms with Gasteiger partial charge in [0, 0.05) is 32.3 Å². The van der Waals surface area contributed by atoms with Crippen LogP contribution in [0.2, 0.25) is 0 Å². The fourth-order valence-corrected chi connectivity index (χ4v) is 2.15. The number of carbonyl (C=O) groups excluding carboxylic acids is 2. The summed E-state index contributed by atoms with van der Waals surface area (Å²) >= 11 is 0. The van der Waals surface area contributed by atoms with E-state index in [1.54, 1.807) is 19.2 Å². The van der Waals surface area contributed by atoms with Gasteiger partial charge < -0.3 is 20.7 Å². The van der Waals surface area contributed by atoms with Crippen LogP contribution >= 0.6 is 12.4 Å². The van der Waals surface area contributed by atoms with Crippen molar-refractivity contribution in [2.45, 2.75) is 26.8 Å². The minimum absolute atomic E-state index is 0. The largest absolute Gasteiger partial charge is 0.383 e. The predicted octanol–water partition coefficient (Wildman–Crippen LogP) is 1.52. The van der Waals surface area contributed by atoms with Crippen molar-refractivity contribution in [1.82, 2.24) is 16.0 Å². The van der Waals surface area contributed by atoms with E-state index >= 15 is 0 Å². The summed E-state index contributed by atoms with van der Waals surface area (Å²) in [6, 6.07) is 6.73. The molecule has 2 amide bonds. The Morgan fingerprint density at radius 2 is 1.72 bits per heavy atom. The van der Waals surface area contributed by atoms with Gasteiger partial charge in [0.1, 0.15) is 6.04 Å². The highest BCUT2D eigenvalue weighted by Crippen LogP contribution is 2.06. The predicted molar refractivity (Wildman–Crippen MR) is 102 cm³/mol. The lowest BCUT2D eigenvalue weighted by molar-refractivity contribution is -0.123. The van der Waals surface area contributed by atoms with Crippen molar-refractivity contribution >= 4 is 24.2 Å². The minimum atomic E-state index is -0.558. The van der Waals surface area contributed by atoms with Gasteiger partial charge in [0.05, 0.1) is 6.61 Å². The molecule has 0 spiro atoms. The molecule has 25 heavy (non-hydrogen) atoms. The topological polar surface area (TPSA) is 79.5 Å². The molecule has 0 bridgehead atoms. The number of methoxy groups -OCH3 is 1. The van der Waals surface area contributed by atoms with Crippen molar-refractivity contribution in [3.8, 4) is 0 Å². The number of benzene rings is 1. The van der Waals surface area contributed by atoms with Crippen LogP contribution in [0.5, 0.6) is 0 Å². The summed E-state index contributed by atoms with van der Waals surface area (Å²) in [5.74, 6) is -0.401. The molecule has 1 rings (SSSR count). The number of ether oxygens (including phenoxy) is 1. The molecule has 0 saturated carbocycles. The fourth-order valence-electron chi connectivity index (χ4n) is 2.15. The molecule has 3 N–H and O–H groups in total. The molecule has 0 radical (unpaired) electrons. The van der Waals surface area contributed by atoms with Crippen molar-refractivity contribution < 1.29 is 14.3 Å². The van der Waals surface area contributed by atoms with E-state index in [9.17, 15) is 9.59 Å². The third kappa shape index (κ3) is 8.86. The summed E-state index contributed by atoms with van der Waals surface area (Å²) in [5, 5.41) is 8.83. The van der Waals surface area contributed by atoms with Crippen molar-refractivity contribution in [3.63, 3.8) is 0 Å². The zero-order valence-corrected chi connectivity index (χ0v) is 16.2. The van der Waals surface area contributed by atoms with Gasteiger partial charge in [0.25, 0.3) is 5.91 Å². The Morgan fingerprint density at radius 1 is 1.08 bits per heavy atom. The molecule has 0 saturated heterocycles. The zero-order chi connectivity index (χ0) is 17.9. The summed E-state index contributed by atoms with van der Waals surface area (Å²) in [6.45, 7) is 8.33. The molecule has 142 valence electrons. The average Bonchev–Trinajstić information content (AvgIpc) is 2.55. The van der Waals surface area contributed by atoms with E-state index in [1.807, 2.05) is 32.9 Å². The summed E-state index contributed by atoms with van der Waals surface area (Å²) in [4.78, 5) is 24.6. The molecule has 0 aliphatic heterocycles. The normalized spacial score (nSPS) is 11.6. The third-order valence-electron chi connectivity index (χ3n) is 3.63. The number of rotatable bonds is 10. The third-order valence-corrected chi connectivity index (χ3v) is 3.63. The summed E-state index contributed by atoms with van der Waals surface area (Å²) in [7, 11) is 1.65. The minimum Gasteiger partial charge on any atom is -0.383 e. The lowest BCUT2D eigenvalue weighted by Gasteiger charge is -2.22. The Labute approximate surface area is 156 Å². The molecule has 0 heterocycles. The number of nitrogens with one attached hydrogen (secondary N) is 3. The number of halogens is 1. The Balaban J connectivity index is 0.00000576. The van der Waals surface area contributed by atoms with Crippen LogP contribution in [0.15, 0.2) is 24.3 Å². The van der Waals surface area contributed by atoms with Gasteiger partial charge in [-0.3, -0.25) is 9.59 Å². The van der Waals surface area contributed by atoms with Gasteiger partial charge in [-0.15, -0.1) is 12.4 Å². The lowest BCUT2D eigenvalue weighted by atomic mass is 10.0. The summed E-state index contributed by atoms with van der Waals surface area (Å²) in [6.07, 6.45) is 0. The smallest absolute Gasteiger partial charge is 0.251 e. The maximum Gasteiger partial charge on any atom is 0.251 e. The summed E-state index contributed by atoms with van der Waals surface area (Å²) in [5.41, 5.74) is 1.64. The van der Waals surface area contributed by atoms with E-state index in [0.29, 0.717) is 25.3 Å². The van der Waals surface area contributed by atoms with Gasteiger partial charge in [0.2, 0.25) is 5.91 Å². The Kier molecular flexibility index (Phi) is 11.9. The van der Waals surface area contributed by atoms with Crippen molar-refractivity contribution in [2.75, 3.05) is 33.4 Å². The number of hydrogen-bond acceptors (Lipinski definition) is 4. The first-order valence-corrected chi connectivity index (χ1v) is 8.30. The lowest BCUT2D eigenvalue weighted by Crippen LogP contribution is -2.50. The summed E-state index contributed by atoms with van der Waals surface area (Å²) < 4.78 is 4.93. The molecular formula is C18H30ClN3O3. The van der Waals surface area contributed by atoms with Crippen LogP contribution in [0.1, 0.15) is 29.8 Å². The fraction of sp³-hybridized carbons (Fsp3) is 0.556. The average molecular weight is 372 g/mol. The van der Waals surface area contributed by atoms with Crippen LogP contribution < -0.4 is 16.0 Å². The van der Waals surface area contributed by atoms with E-state index in [0.717, 1.165) is 12.1 Å². The molecule has 7 heteroatoms. The van der Waals surface area contributed by atoms with Gasteiger partial charge in [-0.2, -0.15) is 0 Å². The SMILES string of the molecule is COCCNCCNC(=O)C(NC(=O)c1ccc(C)cc1)C(C)C.Cl. The number of aryl methyl sites for hydroxylation is 1. The maximum absolute atomic E-state index is 12.3. The second-order valence-corrected chi connectivity index (χ2v) is 6.10. The van der Waals surface area contributed by atoms with Crippen LogP contribution in [0, 0.1) is 12.8 Å². The highest BCUT2D eigenvalue weighted by atomic mass is 35.5. The second kappa shape index (κ2) is 12.7. The Morgan fingerprint density at radius 3 is 2.28 bits per heavy atom. The van der Waals surface area contributed by atoms with Crippen LogP contribution in [-0.2, 0) is 9.53 Å². The molecule has 1 atom stereocenters. The quantitative estimate of drug-likeness (QED) is 0.545. The zero-order valence-electron chi connectivity index (χ0n) is 15.4. The Hall–Kier alpha value is -1.63. The van der Waals surface area contributed by atoms with Crippen LogP contribution in [-0.4, -0.2) is 51.2 Å². The molecule has 1 unspecified atom stereocenters. The standard InChI is InChI=1S/C18H29N3O3.ClH/c1-13(2)16(18(23)20-10-9-19-11-12-24-4)21-17(22)15-7-5-14(3)6-8-15;/h5-8,13,16,19H,9-12H2,1-4H3,(H,20,23)(H,21,22);1H. The van der Waals surface area contributed by atoms with Gasteiger partial charge in [-0.05, 0) is 25.0 Å². The number of carbonyl (C=O) groups is 2. The van der Waals surface area contributed by atoms with E-state index in [4.69, 9.17) is 4.74 Å². The second-order valence-electron chi connectivity index (χ2n) is 6.10. The molecule has 0 aromatic heterocycles. The molecular weight excluding hydrogens is 342 g/mol. The van der Waals surface area contributed by atoms with Gasteiger partial charge in [-0.25, -0.2) is 0 Å². The molecule has 0 aliphatic rings. The number of hydrogen-bond donors (Lipinski definition) is 3. The molecule has 0 aliphatic carbocycles. The van der Waals surface area contributed by atoms with Crippen LogP contribution in [0.4, 0.5) is 0 Å². The van der Waals surface area contributed by atoms with Crippen molar-refractivity contribution in [2.24, 2.45) is 5.92 Å². The van der Waals surface area contributed by atoms with Crippen LogP contribution in [0.3, 0.4) is 0 Å². The van der Waals surface area contributed by atoms with E-state index < -0.39 is 6.04 Å². The van der Waals surface area contributed by atoms with E-state index in [-0.39, 0.29) is 30.1 Å². The highest BCUT2D eigenvalue weighted by molar-refractivity contribution is 5.97. The highest BCUT2D eigenvalue weighted by Gasteiger charge is 2.24. The first kappa shape index (κ1) is 23.4. The monoisotopic (exact) mass is 371 g/mol. The molecule has 6 nitrogen and oxygen atoms in total. The number of amides is 2. The molecule has 0 fully saturated rings. The molecule has 1 aromatic carbocycles. The van der Waals surface area contributed by atoms with E-state index in [2.05, 4.69) is 16.0 Å². The van der Waals surface area contributed by atoms with Gasteiger partial charge in [0.15, 0.2) is 0 Å². The van der Waals surface area contributed by atoms with Crippen LogP contribution in [0.25, 0.3) is 0 Å². The first-order valence-electron chi connectivity index (χ1n) is 8.30. The first-order chi connectivity index (χ1) is 11.5. The van der Waals surface area contributed by atoms with E-state index in [1.165, 1.54) is 0 Å².